The smallest absolute Gasteiger partial charge is 0.163 e. The van der Waals surface area contributed by atoms with E-state index >= 15 is 0 Å². The molecule has 0 spiro atoms. The molecule has 1 aliphatic carbocycles. The molecule has 0 heterocycles. The zero-order valence-electron chi connectivity index (χ0n) is 12.3. The Morgan fingerprint density at radius 1 is 1.19 bits per heavy atom. The van der Waals surface area contributed by atoms with Crippen molar-refractivity contribution in [3.8, 4) is 0 Å². The predicted octanol–water partition coefficient (Wildman–Crippen LogP) is 4.45. The molecule has 0 aromatic heterocycles. The van der Waals surface area contributed by atoms with Gasteiger partial charge in [-0.25, -0.2) is 0 Å². The summed E-state index contributed by atoms with van der Waals surface area (Å²) in [5.74, 6) is 1.73. The van der Waals surface area contributed by atoms with Crippen molar-refractivity contribution in [3.05, 3.63) is 35.9 Å². The van der Waals surface area contributed by atoms with E-state index in [1.54, 1.807) is 11.8 Å². The second-order valence-corrected chi connectivity index (χ2v) is 7.33. The van der Waals surface area contributed by atoms with Crippen molar-refractivity contribution in [1.82, 2.24) is 5.32 Å². The Kier molecular flexibility index (Phi) is 7.24. The summed E-state index contributed by atoms with van der Waals surface area (Å²) in [6.45, 7) is 0.998. The van der Waals surface area contributed by atoms with Gasteiger partial charge in [0.15, 0.2) is 5.78 Å². The van der Waals surface area contributed by atoms with Gasteiger partial charge in [-0.05, 0) is 18.8 Å². The largest absolute Gasteiger partial charge is 0.371 e. The minimum atomic E-state index is 0.193. The van der Waals surface area contributed by atoms with Gasteiger partial charge in [0.05, 0.1) is 0 Å². The van der Waals surface area contributed by atoms with Gasteiger partial charge in [-0.2, -0.15) is 0 Å². The van der Waals surface area contributed by atoms with Crippen LogP contribution in [0.5, 0.6) is 0 Å². The maximum Gasteiger partial charge on any atom is 0.163 e. The Bertz CT molecular complexity index is 455. The first kappa shape index (κ1) is 16.5. The molecule has 4 heteroatoms. The minimum Gasteiger partial charge on any atom is -0.371 e. The molecule has 0 unspecified atom stereocenters. The molecule has 2 nitrogen and oxygen atoms in total. The van der Waals surface area contributed by atoms with E-state index in [1.807, 2.05) is 30.3 Å². The van der Waals surface area contributed by atoms with Crippen LogP contribution in [-0.2, 0) is 0 Å². The van der Waals surface area contributed by atoms with Gasteiger partial charge in [0.1, 0.15) is 4.32 Å². The minimum absolute atomic E-state index is 0.193. The maximum absolute atomic E-state index is 12.0. The molecule has 0 saturated heterocycles. The lowest BCUT2D eigenvalue weighted by molar-refractivity contribution is 0.0989. The molecule has 1 fully saturated rings. The molecule has 0 aliphatic heterocycles. The van der Waals surface area contributed by atoms with E-state index in [4.69, 9.17) is 12.2 Å². The SMILES string of the molecule is O=C(CCSC(=S)NCC1CCCCC1)c1ccccc1. The van der Waals surface area contributed by atoms with Crippen molar-refractivity contribution in [2.75, 3.05) is 12.3 Å². The zero-order chi connectivity index (χ0) is 14.9. The number of benzene rings is 1. The van der Waals surface area contributed by atoms with E-state index in [0.717, 1.165) is 28.1 Å². The second kappa shape index (κ2) is 9.21. The average molecular weight is 322 g/mol. The fourth-order valence-corrected chi connectivity index (χ4v) is 3.67. The molecule has 1 N–H and O–H groups in total. The summed E-state index contributed by atoms with van der Waals surface area (Å²) in [7, 11) is 0. The number of rotatable bonds is 6. The van der Waals surface area contributed by atoms with Crippen molar-refractivity contribution in [2.45, 2.75) is 38.5 Å². The molecule has 0 bridgehead atoms. The number of nitrogens with one attached hydrogen (secondary N) is 1. The zero-order valence-corrected chi connectivity index (χ0v) is 14.0. The third kappa shape index (κ3) is 6.18. The third-order valence-corrected chi connectivity index (χ3v) is 5.23. The maximum atomic E-state index is 12.0. The fourth-order valence-electron chi connectivity index (χ4n) is 2.67. The van der Waals surface area contributed by atoms with Crippen LogP contribution in [-0.4, -0.2) is 22.4 Å². The molecule has 1 aromatic rings. The van der Waals surface area contributed by atoms with Gasteiger partial charge < -0.3 is 5.32 Å². The van der Waals surface area contributed by atoms with Crippen LogP contribution in [0.15, 0.2) is 30.3 Å². The molecule has 1 aromatic carbocycles. The van der Waals surface area contributed by atoms with Gasteiger partial charge >= 0.3 is 0 Å². The molecule has 114 valence electrons. The highest BCUT2D eigenvalue weighted by atomic mass is 32.2. The van der Waals surface area contributed by atoms with Crippen molar-refractivity contribution in [3.63, 3.8) is 0 Å². The Morgan fingerprint density at radius 2 is 1.90 bits per heavy atom. The van der Waals surface area contributed by atoms with Crippen molar-refractivity contribution in [1.29, 1.82) is 0 Å². The Balaban J connectivity index is 1.59. The number of carbonyl (C=O) groups is 1. The van der Waals surface area contributed by atoms with E-state index in [2.05, 4.69) is 5.32 Å². The van der Waals surface area contributed by atoms with E-state index in [0.29, 0.717) is 6.42 Å². The first-order valence-electron chi connectivity index (χ1n) is 7.74. The third-order valence-electron chi connectivity index (χ3n) is 3.92. The number of ketones is 1. The van der Waals surface area contributed by atoms with Crippen LogP contribution in [0, 0.1) is 5.92 Å². The molecule has 21 heavy (non-hydrogen) atoms. The van der Waals surface area contributed by atoms with Crippen LogP contribution in [0.2, 0.25) is 0 Å². The summed E-state index contributed by atoms with van der Waals surface area (Å²) in [4.78, 5) is 12.0. The topological polar surface area (TPSA) is 29.1 Å². The summed E-state index contributed by atoms with van der Waals surface area (Å²) in [5.41, 5.74) is 0.791. The van der Waals surface area contributed by atoms with Crippen LogP contribution in [0.1, 0.15) is 48.9 Å². The number of Topliss-reactive ketones (excluding diaryl/α,β-unsaturated/α-hetero) is 1. The van der Waals surface area contributed by atoms with Crippen molar-refractivity contribution < 1.29 is 4.79 Å². The number of hydrogen-bond acceptors (Lipinski definition) is 3. The van der Waals surface area contributed by atoms with E-state index in [1.165, 1.54) is 32.1 Å². The van der Waals surface area contributed by atoms with Crippen LogP contribution in [0.3, 0.4) is 0 Å². The first-order valence-corrected chi connectivity index (χ1v) is 9.14. The quantitative estimate of drug-likeness (QED) is 0.619. The van der Waals surface area contributed by atoms with Crippen LogP contribution in [0.25, 0.3) is 0 Å². The van der Waals surface area contributed by atoms with E-state index in [9.17, 15) is 4.79 Å². The van der Waals surface area contributed by atoms with Gasteiger partial charge in [0.2, 0.25) is 0 Å². The Hall–Kier alpha value is -0.870. The normalized spacial score (nSPS) is 15.6. The molecule has 2 rings (SSSR count). The summed E-state index contributed by atoms with van der Waals surface area (Å²) in [6.07, 6.45) is 7.30. The Labute approximate surface area is 137 Å². The van der Waals surface area contributed by atoms with E-state index < -0.39 is 0 Å². The van der Waals surface area contributed by atoms with Gasteiger partial charge in [-0.15, -0.1) is 0 Å². The number of thiocarbonyl (C=S) groups is 1. The van der Waals surface area contributed by atoms with Gasteiger partial charge in [-0.1, -0.05) is 73.6 Å². The van der Waals surface area contributed by atoms with Crippen molar-refractivity contribution in [2.24, 2.45) is 5.92 Å². The lowest BCUT2D eigenvalue weighted by Crippen LogP contribution is -2.27. The number of hydrogen-bond donors (Lipinski definition) is 1. The summed E-state index contributed by atoms with van der Waals surface area (Å²) < 4.78 is 0.835. The standard InChI is InChI=1S/C17H23NOS2/c19-16(15-9-5-2-6-10-15)11-12-21-17(20)18-13-14-7-3-1-4-8-14/h2,5-6,9-10,14H,1,3-4,7-8,11-13H2,(H,18,20). The lowest BCUT2D eigenvalue weighted by Gasteiger charge is -2.22. The van der Waals surface area contributed by atoms with Crippen LogP contribution < -0.4 is 5.32 Å². The fraction of sp³-hybridized carbons (Fsp3) is 0.529. The second-order valence-electron chi connectivity index (χ2n) is 5.56. The number of thioether (sulfide) groups is 1. The summed E-state index contributed by atoms with van der Waals surface area (Å²) in [5, 5.41) is 3.35. The molecular formula is C17H23NOS2. The summed E-state index contributed by atoms with van der Waals surface area (Å²) >= 11 is 6.92. The molecule has 0 atom stereocenters. The average Bonchev–Trinajstić information content (AvgIpc) is 2.54. The van der Waals surface area contributed by atoms with Gasteiger partial charge in [0, 0.05) is 24.3 Å². The van der Waals surface area contributed by atoms with Gasteiger partial charge in [-0.3, -0.25) is 4.79 Å². The highest BCUT2D eigenvalue weighted by molar-refractivity contribution is 8.22. The highest BCUT2D eigenvalue weighted by Crippen LogP contribution is 2.23. The highest BCUT2D eigenvalue weighted by Gasteiger charge is 2.13. The number of carbonyl (C=O) groups excluding carboxylic acids is 1. The Morgan fingerprint density at radius 3 is 2.62 bits per heavy atom. The van der Waals surface area contributed by atoms with Crippen LogP contribution >= 0.6 is 24.0 Å². The molecule has 1 aliphatic rings. The van der Waals surface area contributed by atoms with Crippen LogP contribution in [0.4, 0.5) is 0 Å². The lowest BCUT2D eigenvalue weighted by atomic mass is 9.89. The summed E-state index contributed by atoms with van der Waals surface area (Å²) in [6, 6.07) is 9.46. The van der Waals surface area contributed by atoms with Gasteiger partial charge in [0.25, 0.3) is 0 Å². The monoisotopic (exact) mass is 321 g/mol. The molecular weight excluding hydrogens is 298 g/mol. The first-order chi connectivity index (χ1) is 10.3. The predicted molar refractivity (Wildman–Crippen MR) is 95.0 cm³/mol. The molecule has 0 radical (unpaired) electrons. The van der Waals surface area contributed by atoms with Crippen molar-refractivity contribution >= 4 is 34.1 Å². The van der Waals surface area contributed by atoms with E-state index in [-0.39, 0.29) is 5.78 Å². The molecule has 0 amide bonds. The molecule has 1 saturated carbocycles.